The first kappa shape index (κ1) is 20.7. The molecule has 2 heterocycles. The van der Waals surface area contributed by atoms with Gasteiger partial charge in [-0.15, -0.1) is 0 Å². The number of benzene rings is 1. The number of ether oxygens (including phenoxy) is 1. The number of nitrogens with one attached hydrogen (secondary N) is 1. The highest BCUT2D eigenvalue weighted by molar-refractivity contribution is 7.99. The fourth-order valence-corrected chi connectivity index (χ4v) is 4.17. The van der Waals surface area contributed by atoms with Gasteiger partial charge in [-0.1, -0.05) is 30.0 Å². The smallest absolute Gasteiger partial charge is 0.191 e. The number of anilines is 2. The molecule has 0 bridgehead atoms. The van der Waals surface area contributed by atoms with Crippen molar-refractivity contribution in [2.75, 3.05) is 57.1 Å². The number of rotatable bonds is 9. The minimum atomic E-state index is 0.446. The molecule has 8 heteroatoms. The Morgan fingerprint density at radius 2 is 1.82 bits per heavy atom. The highest BCUT2D eigenvalue weighted by Crippen LogP contribution is 2.27. The molecule has 0 spiro atoms. The van der Waals surface area contributed by atoms with Crippen molar-refractivity contribution in [2.45, 2.75) is 24.4 Å². The maximum atomic E-state index is 6.19. The Kier molecular flexibility index (Phi) is 7.76. The molecule has 1 fully saturated rings. The Morgan fingerprint density at radius 1 is 1.11 bits per heavy atom. The van der Waals surface area contributed by atoms with E-state index in [0.29, 0.717) is 23.2 Å². The number of nitrogen functional groups attached to an aromatic ring is 2. The number of methoxy groups -OCH3 is 1. The minimum Gasteiger partial charge on any atom is -0.496 e. The van der Waals surface area contributed by atoms with E-state index in [-0.39, 0.29) is 0 Å². The number of aromatic nitrogens is 2. The van der Waals surface area contributed by atoms with Gasteiger partial charge in [0.2, 0.25) is 0 Å². The van der Waals surface area contributed by atoms with E-state index in [2.05, 4.69) is 20.2 Å². The first-order valence-electron chi connectivity index (χ1n) is 9.77. The van der Waals surface area contributed by atoms with Crippen LogP contribution in [0.25, 0.3) is 0 Å². The monoisotopic (exact) mass is 402 g/mol. The van der Waals surface area contributed by atoms with Crippen molar-refractivity contribution < 1.29 is 4.74 Å². The number of piperazine rings is 1. The molecular formula is C20H30N6OS. The number of thioether (sulfide) groups is 1. The van der Waals surface area contributed by atoms with Crippen LogP contribution in [0.3, 0.4) is 0 Å². The molecule has 1 saturated heterocycles. The summed E-state index contributed by atoms with van der Waals surface area (Å²) in [6.07, 6.45) is 2.86. The molecule has 0 saturated carbocycles. The Bertz CT molecular complexity index is 743. The average Bonchev–Trinajstić information content (AvgIpc) is 2.71. The molecule has 5 N–H and O–H groups in total. The molecule has 0 aliphatic carbocycles. The summed E-state index contributed by atoms with van der Waals surface area (Å²) < 4.78 is 5.41. The second-order valence-electron chi connectivity index (χ2n) is 6.89. The molecule has 0 unspecified atom stereocenters. The number of hydrogen-bond acceptors (Lipinski definition) is 8. The van der Waals surface area contributed by atoms with Gasteiger partial charge < -0.3 is 26.4 Å². The summed E-state index contributed by atoms with van der Waals surface area (Å²) in [5.74, 6) is 2.67. The number of para-hydroxylation sites is 1. The van der Waals surface area contributed by atoms with E-state index in [1.807, 2.05) is 24.3 Å². The van der Waals surface area contributed by atoms with E-state index in [1.54, 1.807) is 18.9 Å². The van der Waals surface area contributed by atoms with Crippen molar-refractivity contribution in [1.29, 1.82) is 0 Å². The fourth-order valence-electron chi connectivity index (χ4n) is 3.32. The van der Waals surface area contributed by atoms with Crippen molar-refractivity contribution >= 4 is 23.4 Å². The van der Waals surface area contributed by atoms with Crippen LogP contribution in [0.15, 0.2) is 29.4 Å². The van der Waals surface area contributed by atoms with Gasteiger partial charge in [0.1, 0.15) is 17.4 Å². The predicted octanol–water partition coefficient (Wildman–Crippen LogP) is 2.02. The van der Waals surface area contributed by atoms with E-state index in [0.717, 1.165) is 61.8 Å². The molecule has 3 rings (SSSR count). The SMILES string of the molecule is COc1ccccc1Cc1c(N)nc(SCCCCN2CCNCC2)nc1N. The minimum absolute atomic E-state index is 0.446. The lowest BCUT2D eigenvalue weighted by Gasteiger charge is -2.26. The Labute approximate surface area is 171 Å². The molecule has 152 valence electrons. The van der Waals surface area contributed by atoms with Crippen molar-refractivity contribution in [3.8, 4) is 5.75 Å². The number of hydrogen-bond donors (Lipinski definition) is 3. The molecule has 1 aromatic heterocycles. The molecule has 0 atom stereocenters. The number of nitrogens with zero attached hydrogens (tertiary/aromatic N) is 3. The normalized spacial score (nSPS) is 14.9. The highest BCUT2D eigenvalue weighted by atomic mass is 32.2. The van der Waals surface area contributed by atoms with Crippen LogP contribution >= 0.6 is 11.8 Å². The van der Waals surface area contributed by atoms with Crippen LogP contribution in [0.2, 0.25) is 0 Å². The summed E-state index contributed by atoms with van der Waals surface area (Å²) in [7, 11) is 1.66. The third kappa shape index (κ3) is 5.73. The molecular weight excluding hydrogens is 372 g/mol. The first-order chi connectivity index (χ1) is 13.7. The van der Waals surface area contributed by atoms with Gasteiger partial charge in [0.15, 0.2) is 5.16 Å². The number of unbranched alkanes of at least 4 members (excludes halogenated alkanes) is 1. The topological polar surface area (TPSA) is 102 Å². The summed E-state index contributed by atoms with van der Waals surface area (Å²) in [5.41, 5.74) is 14.2. The summed E-state index contributed by atoms with van der Waals surface area (Å²) in [6, 6.07) is 7.83. The third-order valence-electron chi connectivity index (χ3n) is 4.92. The maximum Gasteiger partial charge on any atom is 0.191 e. The third-order valence-corrected chi connectivity index (χ3v) is 5.85. The summed E-state index contributed by atoms with van der Waals surface area (Å²) in [4.78, 5) is 11.4. The van der Waals surface area contributed by atoms with E-state index in [1.165, 1.54) is 6.42 Å². The molecule has 7 nitrogen and oxygen atoms in total. The Balaban J connectivity index is 1.51. The standard InChI is InChI=1S/C20H30N6OS/c1-27-17-7-3-2-6-15(17)14-16-18(21)24-20(25-19(16)22)28-13-5-4-10-26-11-8-23-9-12-26/h2-3,6-7,23H,4-5,8-14H2,1H3,(H4,21,22,24,25). The molecule has 1 aliphatic rings. The fraction of sp³-hybridized carbons (Fsp3) is 0.500. The van der Waals surface area contributed by atoms with Gasteiger partial charge in [-0.25, -0.2) is 9.97 Å². The van der Waals surface area contributed by atoms with Crippen molar-refractivity contribution in [2.24, 2.45) is 0 Å². The zero-order chi connectivity index (χ0) is 19.8. The van der Waals surface area contributed by atoms with Crippen molar-refractivity contribution in [1.82, 2.24) is 20.2 Å². The van der Waals surface area contributed by atoms with Crippen LogP contribution in [-0.2, 0) is 6.42 Å². The van der Waals surface area contributed by atoms with Gasteiger partial charge in [0, 0.05) is 43.9 Å². The second kappa shape index (κ2) is 10.5. The van der Waals surface area contributed by atoms with Crippen LogP contribution in [0, 0.1) is 0 Å². The summed E-state index contributed by atoms with van der Waals surface area (Å²) >= 11 is 1.62. The van der Waals surface area contributed by atoms with Gasteiger partial charge in [-0.05, 0) is 31.0 Å². The lowest BCUT2D eigenvalue weighted by Crippen LogP contribution is -2.43. The van der Waals surface area contributed by atoms with Gasteiger partial charge in [-0.2, -0.15) is 0 Å². The maximum absolute atomic E-state index is 6.19. The van der Waals surface area contributed by atoms with E-state index >= 15 is 0 Å². The first-order valence-corrected chi connectivity index (χ1v) is 10.8. The van der Waals surface area contributed by atoms with Gasteiger partial charge in [0.25, 0.3) is 0 Å². The van der Waals surface area contributed by atoms with Gasteiger partial charge in [0.05, 0.1) is 7.11 Å². The van der Waals surface area contributed by atoms with Gasteiger partial charge in [-0.3, -0.25) is 0 Å². The highest BCUT2D eigenvalue weighted by Gasteiger charge is 2.14. The summed E-state index contributed by atoms with van der Waals surface area (Å²) in [6.45, 7) is 5.66. The van der Waals surface area contributed by atoms with Crippen LogP contribution in [0.4, 0.5) is 11.6 Å². The number of nitrogens with two attached hydrogens (primary N) is 2. The average molecular weight is 403 g/mol. The largest absolute Gasteiger partial charge is 0.496 e. The van der Waals surface area contributed by atoms with E-state index < -0.39 is 0 Å². The van der Waals surface area contributed by atoms with E-state index in [4.69, 9.17) is 16.2 Å². The van der Waals surface area contributed by atoms with Crippen molar-refractivity contribution in [3.05, 3.63) is 35.4 Å². The Morgan fingerprint density at radius 3 is 2.54 bits per heavy atom. The second-order valence-corrected chi connectivity index (χ2v) is 7.95. The molecule has 0 amide bonds. The molecule has 1 aliphatic heterocycles. The lowest BCUT2D eigenvalue weighted by molar-refractivity contribution is 0.238. The molecule has 28 heavy (non-hydrogen) atoms. The lowest BCUT2D eigenvalue weighted by atomic mass is 10.1. The molecule has 0 radical (unpaired) electrons. The quantitative estimate of drug-likeness (QED) is 0.333. The van der Waals surface area contributed by atoms with E-state index in [9.17, 15) is 0 Å². The van der Waals surface area contributed by atoms with Crippen LogP contribution < -0.4 is 21.5 Å². The molecule has 1 aromatic carbocycles. The Hall–Kier alpha value is -2.03. The molecule has 2 aromatic rings. The van der Waals surface area contributed by atoms with Crippen LogP contribution in [-0.4, -0.2) is 60.5 Å². The summed E-state index contributed by atoms with van der Waals surface area (Å²) in [5, 5.41) is 4.04. The van der Waals surface area contributed by atoms with Crippen LogP contribution in [0.5, 0.6) is 5.75 Å². The van der Waals surface area contributed by atoms with Crippen LogP contribution in [0.1, 0.15) is 24.0 Å². The van der Waals surface area contributed by atoms with Gasteiger partial charge >= 0.3 is 0 Å². The van der Waals surface area contributed by atoms with Crippen molar-refractivity contribution in [3.63, 3.8) is 0 Å². The zero-order valence-corrected chi connectivity index (χ0v) is 17.3. The zero-order valence-electron chi connectivity index (χ0n) is 16.5. The predicted molar refractivity (Wildman–Crippen MR) is 116 cm³/mol.